The van der Waals surface area contributed by atoms with Gasteiger partial charge in [0.2, 0.25) is 27.7 Å². The number of likely N-dealkylation sites (tertiary alicyclic amines) is 1. The van der Waals surface area contributed by atoms with Crippen molar-refractivity contribution in [1.29, 1.82) is 0 Å². The molecular formula is C22H32N4O5S. The molecule has 0 radical (unpaired) electrons. The molecule has 176 valence electrons. The molecule has 2 fully saturated rings. The Labute approximate surface area is 189 Å². The number of amides is 3. The van der Waals surface area contributed by atoms with Crippen LogP contribution in [0.5, 0.6) is 0 Å². The number of benzene rings is 1. The Morgan fingerprint density at radius 1 is 1.16 bits per heavy atom. The number of rotatable bonds is 6. The average molecular weight is 465 g/mol. The SMILES string of the molecule is CN1C(=O)CN(S(C)(=O)=O)C[C@]1(C)C(=O)NCC(=O)N1CCC(Cc2ccccc2)CC1. The standard InChI is InChI=1S/C22H32N4O5S/c1-22(16-26(32(3,30)31)15-20(28)24(22)2)21(29)23-14-19(27)25-11-9-18(10-12-25)13-17-7-5-4-6-8-17/h4-8,18H,9-16H2,1-3H3,(H,23,29)/t22-/m1/s1. The maximum atomic E-state index is 12.9. The lowest BCUT2D eigenvalue weighted by atomic mass is 9.90. The lowest BCUT2D eigenvalue weighted by Crippen LogP contribution is -2.68. The van der Waals surface area contributed by atoms with Gasteiger partial charge in [-0.3, -0.25) is 14.4 Å². The van der Waals surface area contributed by atoms with E-state index in [1.54, 1.807) is 4.90 Å². The number of nitrogens with one attached hydrogen (secondary N) is 1. The van der Waals surface area contributed by atoms with Crippen molar-refractivity contribution in [2.75, 3.05) is 46.0 Å². The number of likely N-dealkylation sites (N-methyl/N-ethyl adjacent to an activating group) is 1. The van der Waals surface area contributed by atoms with Crippen molar-refractivity contribution in [3.63, 3.8) is 0 Å². The smallest absolute Gasteiger partial charge is 0.247 e. The van der Waals surface area contributed by atoms with Gasteiger partial charge in [0.1, 0.15) is 5.54 Å². The monoisotopic (exact) mass is 464 g/mol. The maximum absolute atomic E-state index is 12.9. The molecule has 1 atom stereocenters. The van der Waals surface area contributed by atoms with Gasteiger partial charge in [0.15, 0.2) is 0 Å². The van der Waals surface area contributed by atoms with Gasteiger partial charge in [0, 0.05) is 26.7 Å². The molecule has 0 spiro atoms. The van der Waals surface area contributed by atoms with Crippen LogP contribution >= 0.6 is 0 Å². The van der Waals surface area contributed by atoms with Gasteiger partial charge in [-0.25, -0.2) is 8.42 Å². The van der Waals surface area contributed by atoms with Crippen molar-refractivity contribution < 1.29 is 22.8 Å². The van der Waals surface area contributed by atoms with Gasteiger partial charge in [-0.15, -0.1) is 0 Å². The molecule has 0 aromatic heterocycles. The van der Waals surface area contributed by atoms with E-state index < -0.39 is 27.4 Å². The Kier molecular flexibility index (Phi) is 7.24. The number of carbonyl (C=O) groups is 3. The molecule has 0 saturated carbocycles. The van der Waals surface area contributed by atoms with Gasteiger partial charge in [0.05, 0.1) is 19.3 Å². The molecule has 1 aromatic rings. The van der Waals surface area contributed by atoms with E-state index in [9.17, 15) is 22.8 Å². The molecule has 2 aliphatic heterocycles. The second-order valence-corrected chi connectivity index (χ2v) is 10.9. The van der Waals surface area contributed by atoms with Gasteiger partial charge in [-0.1, -0.05) is 30.3 Å². The summed E-state index contributed by atoms with van der Waals surface area (Å²) in [6.07, 6.45) is 3.82. The number of hydrogen-bond acceptors (Lipinski definition) is 5. The third-order valence-corrected chi connectivity index (χ3v) is 7.80. The number of hydrogen-bond donors (Lipinski definition) is 1. The van der Waals surface area contributed by atoms with Crippen LogP contribution in [-0.2, 0) is 30.8 Å². The average Bonchev–Trinajstić information content (AvgIpc) is 2.75. The van der Waals surface area contributed by atoms with E-state index in [1.807, 2.05) is 18.2 Å². The maximum Gasteiger partial charge on any atom is 0.247 e. The highest BCUT2D eigenvalue weighted by Gasteiger charge is 2.47. The first-order valence-electron chi connectivity index (χ1n) is 10.8. The molecule has 2 heterocycles. The quantitative estimate of drug-likeness (QED) is 0.642. The van der Waals surface area contributed by atoms with E-state index in [-0.39, 0.29) is 25.5 Å². The summed E-state index contributed by atoms with van der Waals surface area (Å²) < 4.78 is 24.8. The zero-order chi connectivity index (χ0) is 23.5. The summed E-state index contributed by atoms with van der Waals surface area (Å²) in [6, 6.07) is 10.3. The molecule has 1 N–H and O–H groups in total. The van der Waals surface area contributed by atoms with Crippen molar-refractivity contribution in [3.05, 3.63) is 35.9 Å². The highest BCUT2D eigenvalue weighted by atomic mass is 32.2. The normalized spacial score (nSPS) is 23.3. The molecule has 0 bridgehead atoms. The fourth-order valence-corrected chi connectivity index (χ4v) is 5.12. The third kappa shape index (κ3) is 5.47. The van der Waals surface area contributed by atoms with Crippen LogP contribution in [0.15, 0.2) is 30.3 Å². The van der Waals surface area contributed by atoms with E-state index >= 15 is 0 Å². The van der Waals surface area contributed by atoms with E-state index in [2.05, 4.69) is 17.4 Å². The first-order valence-corrected chi connectivity index (χ1v) is 12.7. The molecule has 32 heavy (non-hydrogen) atoms. The fraction of sp³-hybridized carbons (Fsp3) is 0.591. The first kappa shape index (κ1) is 24.2. The second kappa shape index (κ2) is 9.58. The van der Waals surface area contributed by atoms with E-state index in [1.165, 1.54) is 24.4 Å². The van der Waals surface area contributed by atoms with Gasteiger partial charge in [-0.05, 0) is 37.7 Å². The molecule has 3 rings (SSSR count). The van der Waals surface area contributed by atoms with Crippen LogP contribution in [0.2, 0.25) is 0 Å². The van der Waals surface area contributed by atoms with Crippen LogP contribution < -0.4 is 5.32 Å². The third-order valence-electron chi connectivity index (χ3n) is 6.60. The molecule has 0 aliphatic carbocycles. The summed E-state index contributed by atoms with van der Waals surface area (Å²) in [5, 5.41) is 2.62. The second-order valence-electron chi connectivity index (χ2n) is 8.95. The van der Waals surface area contributed by atoms with Crippen LogP contribution in [0.4, 0.5) is 0 Å². The summed E-state index contributed by atoms with van der Waals surface area (Å²) in [5.41, 5.74) is -0.0893. The Hall–Kier alpha value is -2.46. The van der Waals surface area contributed by atoms with Crippen molar-refractivity contribution >= 4 is 27.7 Å². The van der Waals surface area contributed by atoms with Crippen molar-refractivity contribution in [1.82, 2.24) is 19.4 Å². The lowest BCUT2D eigenvalue weighted by Gasteiger charge is -2.44. The molecule has 10 heteroatoms. The number of carbonyl (C=O) groups excluding carboxylic acids is 3. The Bertz CT molecular complexity index is 960. The van der Waals surface area contributed by atoms with Gasteiger partial charge in [-0.2, -0.15) is 4.31 Å². The highest BCUT2D eigenvalue weighted by Crippen LogP contribution is 2.24. The van der Waals surface area contributed by atoms with Crippen LogP contribution in [0.1, 0.15) is 25.3 Å². The Morgan fingerprint density at radius 2 is 1.78 bits per heavy atom. The van der Waals surface area contributed by atoms with Gasteiger partial charge < -0.3 is 15.1 Å². The van der Waals surface area contributed by atoms with Gasteiger partial charge in [0.25, 0.3) is 0 Å². The van der Waals surface area contributed by atoms with Crippen LogP contribution in [-0.4, -0.2) is 91.8 Å². The summed E-state index contributed by atoms with van der Waals surface area (Å²) >= 11 is 0. The van der Waals surface area contributed by atoms with E-state index in [4.69, 9.17) is 0 Å². The molecule has 2 aliphatic rings. The molecule has 2 saturated heterocycles. The largest absolute Gasteiger partial charge is 0.345 e. The minimum atomic E-state index is -3.63. The van der Waals surface area contributed by atoms with Crippen LogP contribution in [0.3, 0.4) is 0 Å². The topological polar surface area (TPSA) is 107 Å². The zero-order valence-corrected chi connectivity index (χ0v) is 19.7. The summed E-state index contributed by atoms with van der Waals surface area (Å²) in [7, 11) is -2.16. The predicted molar refractivity (Wildman–Crippen MR) is 120 cm³/mol. The minimum Gasteiger partial charge on any atom is -0.345 e. The minimum absolute atomic E-state index is 0.154. The summed E-state index contributed by atoms with van der Waals surface area (Å²) in [4.78, 5) is 40.8. The Morgan fingerprint density at radius 3 is 2.38 bits per heavy atom. The summed E-state index contributed by atoms with van der Waals surface area (Å²) in [6.45, 7) is 2.16. The molecule has 0 unspecified atom stereocenters. The fourth-order valence-electron chi connectivity index (χ4n) is 4.29. The zero-order valence-electron chi connectivity index (χ0n) is 18.9. The van der Waals surface area contributed by atoms with E-state index in [0.717, 1.165) is 29.8 Å². The molecular weight excluding hydrogens is 432 g/mol. The number of piperazine rings is 1. The lowest BCUT2D eigenvalue weighted by molar-refractivity contribution is -0.150. The van der Waals surface area contributed by atoms with Crippen LogP contribution in [0, 0.1) is 5.92 Å². The number of sulfonamides is 1. The van der Waals surface area contributed by atoms with Gasteiger partial charge >= 0.3 is 0 Å². The predicted octanol–water partition coefficient (Wildman–Crippen LogP) is 0.0762. The highest BCUT2D eigenvalue weighted by molar-refractivity contribution is 7.88. The van der Waals surface area contributed by atoms with Crippen LogP contribution in [0.25, 0.3) is 0 Å². The van der Waals surface area contributed by atoms with E-state index in [0.29, 0.717) is 19.0 Å². The van der Waals surface area contributed by atoms with Crippen molar-refractivity contribution in [2.24, 2.45) is 5.92 Å². The first-order chi connectivity index (χ1) is 15.0. The summed E-state index contributed by atoms with van der Waals surface area (Å²) in [5.74, 6) is -0.663. The molecule has 3 amide bonds. The molecule has 1 aromatic carbocycles. The van der Waals surface area contributed by atoms with Crippen molar-refractivity contribution in [2.45, 2.75) is 31.7 Å². The molecule has 9 nitrogen and oxygen atoms in total. The Balaban J connectivity index is 1.52. The number of nitrogens with zero attached hydrogens (tertiary/aromatic N) is 3. The van der Waals surface area contributed by atoms with Crippen molar-refractivity contribution in [3.8, 4) is 0 Å². The number of piperidine rings is 1.